The normalized spacial score (nSPS) is 11.1. The van der Waals surface area contributed by atoms with Crippen LogP contribution in [-0.4, -0.2) is 14.8 Å². The van der Waals surface area contributed by atoms with Crippen LogP contribution in [0.15, 0.2) is 83.3 Å². The molecule has 0 spiro atoms. The van der Waals surface area contributed by atoms with E-state index >= 15 is 0 Å². The molecule has 124 valence electrons. The second-order valence-corrected chi connectivity index (χ2v) is 7.68. The average molecular weight is 364 g/mol. The van der Waals surface area contributed by atoms with Crippen LogP contribution in [0.5, 0.6) is 0 Å². The van der Waals surface area contributed by atoms with Crippen molar-refractivity contribution >= 4 is 23.1 Å². The molecule has 0 atom stereocenters. The van der Waals surface area contributed by atoms with Crippen molar-refractivity contribution in [1.82, 2.24) is 14.8 Å². The summed E-state index contributed by atoms with van der Waals surface area (Å²) in [6.07, 6.45) is 0. The van der Waals surface area contributed by atoms with Gasteiger partial charge in [0, 0.05) is 7.05 Å². The third-order valence-electron chi connectivity index (χ3n) is 4.00. The van der Waals surface area contributed by atoms with Gasteiger partial charge >= 0.3 is 0 Å². The molecule has 0 aliphatic carbocycles. The fraction of sp³-hybridized carbons (Fsp3) is 0.100. The smallest absolute Gasteiger partial charge is 0.192 e. The van der Waals surface area contributed by atoms with Crippen molar-refractivity contribution in [2.45, 2.75) is 10.4 Å². The molecular weight excluding hydrogens is 346 g/mol. The van der Waals surface area contributed by atoms with Crippen molar-refractivity contribution in [2.75, 3.05) is 0 Å². The Labute approximate surface area is 155 Å². The van der Waals surface area contributed by atoms with E-state index in [1.807, 2.05) is 25.2 Å². The summed E-state index contributed by atoms with van der Waals surface area (Å²) in [6.45, 7) is 0. The number of rotatable bonds is 5. The van der Waals surface area contributed by atoms with Crippen LogP contribution in [0.4, 0.5) is 0 Å². The first-order chi connectivity index (χ1) is 12.3. The van der Waals surface area contributed by atoms with Crippen LogP contribution in [0.3, 0.4) is 0 Å². The van der Waals surface area contributed by atoms with Crippen molar-refractivity contribution in [3.63, 3.8) is 0 Å². The molecule has 0 amide bonds. The van der Waals surface area contributed by atoms with E-state index in [1.54, 1.807) is 23.1 Å². The third-order valence-corrected chi connectivity index (χ3v) is 6.22. The standard InChI is InChI=1S/C20H17N3S2/c1-23-19(17-13-8-14-24-17)21-22-20(23)25-18(15-9-4-2-5-10-15)16-11-6-3-7-12-16/h2-14,18H,1H3. The summed E-state index contributed by atoms with van der Waals surface area (Å²) in [6, 6.07) is 25.2. The van der Waals surface area contributed by atoms with Crippen molar-refractivity contribution in [1.29, 1.82) is 0 Å². The molecule has 0 fully saturated rings. The third kappa shape index (κ3) is 3.38. The Morgan fingerprint density at radius 1 is 0.840 bits per heavy atom. The summed E-state index contributed by atoms with van der Waals surface area (Å²) in [4.78, 5) is 1.14. The Balaban J connectivity index is 1.70. The van der Waals surface area contributed by atoms with Crippen LogP contribution < -0.4 is 0 Å². The summed E-state index contributed by atoms with van der Waals surface area (Å²) in [7, 11) is 2.03. The maximum absolute atomic E-state index is 4.45. The van der Waals surface area contributed by atoms with Gasteiger partial charge in [-0.05, 0) is 22.6 Å². The van der Waals surface area contributed by atoms with E-state index in [-0.39, 0.29) is 5.25 Å². The van der Waals surface area contributed by atoms with Crippen molar-refractivity contribution in [3.8, 4) is 10.7 Å². The van der Waals surface area contributed by atoms with E-state index in [1.165, 1.54) is 11.1 Å². The summed E-state index contributed by atoms with van der Waals surface area (Å²) in [5, 5.41) is 12.0. The highest BCUT2D eigenvalue weighted by Crippen LogP contribution is 2.40. The summed E-state index contributed by atoms with van der Waals surface area (Å²) in [5.74, 6) is 0.914. The molecule has 2 aromatic carbocycles. The number of thioether (sulfide) groups is 1. The van der Waals surface area contributed by atoms with Crippen molar-refractivity contribution in [3.05, 3.63) is 89.3 Å². The van der Waals surface area contributed by atoms with Crippen LogP contribution >= 0.6 is 23.1 Å². The highest BCUT2D eigenvalue weighted by molar-refractivity contribution is 7.99. The lowest BCUT2D eigenvalue weighted by Crippen LogP contribution is -2.00. The average Bonchev–Trinajstić information content (AvgIpc) is 3.31. The van der Waals surface area contributed by atoms with Gasteiger partial charge in [-0.1, -0.05) is 78.5 Å². The van der Waals surface area contributed by atoms with Crippen LogP contribution in [-0.2, 0) is 7.05 Å². The predicted molar refractivity (Wildman–Crippen MR) is 105 cm³/mol. The monoisotopic (exact) mass is 363 g/mol. The van der Waals surface area contributed by atoms with E-state index in [0.717, 1.165) is 15.9 Å². The van der Waals surface area contributed by atoms with E-state index in [2.05, 4.69) is 74.7 Å². The van der Waals surface area contributed by atoms with E-state index in [4.69, 9.17) is 0 Å². The van der Waals surface area contributed by atoms with Gasteiger partial charge in [-0.3, -0.25) is 0 Å². The second-order valence-electron chi connectivity index (χ2n) is 5.66. The predicted octanol–water partition coefficient (Wildman–Crippen LogP) is 5.43. The first-order valence-electron chi connectivity index (χ1n) is 8.03. The number of thiophene rings is 1. The number of benzene rings is 2. The minimum absolute atomic E-state index is 0.182. The highest BCUT2D eigenvalue weighted by atomic mass is 32.2. The largest absolute Gasteiger partial charge is 0.304 e. The van der Waals surface area contributed by atoms with Gasteiger partial charge in [0.15, 0.2) is 11.0 Å². The molecule has 25 heavy (non-hydrogen) atoms. The molecule has 3 nitrogen and oxygen atoms in total. The van der Waals surface area contributed by atoms with Crippen LogP contribution in [0, 0.1) is 0 Å². The first-order valence-corrected chi connectivity index (χ1v) is 9.78. The first kappa shape index (κ1) is 16.1. The molecule has 0 N–H and O–H groups in total. The van der Waals surface area contributed by atoms with Gasteiger partial charge in [0.25, 0.3) is 0 Å². The molecule has 2 aromatic heterocycles. The number of hydrogen-bond acceptors (Lipinski definition) is 4. The van der Waals surface area contributed by atoms with E-state index in [9.17, 15) is 0 Å². The molecule has 0 saturated heterocycles. The maximum Gasteiger partial charge on any atom is 0.192 e. The van der Waals surface area contributed by atoms with Gasteiger partial charge in [0.05, 0.1) is 10.1 Å². The molecule has 5 heteroatoms. The van der Waals surface area contributed by atoms with Gasteiger partial charge in [-0.25, -0.2) is 0 Å². The number of aromatic nitrogens is 3. The number of nitrogens with zero attached hydrogens (tertiary/aromatic N) is 3. The highest BCUT2D eigenvalue weighted by Gasteiger charge is 2.20. The zero-order valence-electron chi connectivity index (χ0n) is 13.7. The molecule has 0 aliphatic rings. The van der Waals surface area contributed by atoms with Gasteiger partial charge in [0.2, 0.25) is 0 Å². The molecule has 0 bridgehead atoms. The second kappa shape index (κ2) is 7.25. The molecule has 0 unspecified atom stereocenters. The summed E-state index contributed by atoms with van der Waals surface area (Å²) >= 11 is 3.42. The molecule has 0 aliphatic heterocycles. The SMILES string of the molecule is Cn1c(SC(c2ccccc2)c2ccccc2)nnc1-c1cccs1. The van der Waals surface area contributed by atoms with Gasteiger partial charge in [0.1, 0.15) is 0 Å². The Morgan fingerprint density at radius 2 is 1.48 bits per heavy atom. The van der Waals surface area contributed by atoms with Crippen LogP contribution in [0.25, 0.3) is 10.7 Å². The van der Waals surface area contributed by atoms with Crippen LogP contribution in [0.1, 0.15) is 16.4 Å². The quantitative estimate of drug-likeness (QED) is 0.443. The Kier molecular flexibility index (Phi) is 4.68. The maximum atomic E-state index is 4.45. The molecule has 4 aromatic rings. The lowest BCUT2D eigenvalue weighted by molar-refractivity contribution is 0.792. The molecule has 4 rings (SSSR count). The minimum Gasteiger partial charge on any atom is -0.304 e. The van der Waals surface area contributed by atoms with Gasteiger partial charge in [-0.15, -0.1) is 21.5 Å². The Hall–Kier alpha value is -2.37. The van der Waals surface area contributed by atoms with Crippen molar-refractivity contribution < 1.29 is 0 Å². The van der Waals surface area contributed by atoms with E-state index < -0.39 is 0 Å². The van der Waals surface area contributed by atoms with Crippen LogP contribution in [0.2, 0.25) is 0 Å². The van der Waals surface area contributed by atoms with Gasteiger partial charge < -0.3 is 4.57 Å². The van der Waals surface area contributed by atoms with Gasteiger partial charge in [-0.2, -0.15) is 0 Å². The zero-order valence-corrected chi connectivity index (χ0v) is 15.4. The fourth-order valence-electron chi connectivity index (χ4n) is 2.73. The molecular formula is C20H17N3S2. The zero-order chi connectivity index (χ0) is 17.1. The van der Waals surface area contributed by atoms with E-state index in [0.29, 0.717) is 0 Å². The summed E-state index contributed by atoms with van der Waals surface area (Å²) in [5.41, 5.74) is 2.53. The minimum atomic E-state index is 0.182. The summed E-state index contributed by atoms with van der Waals surface area (Å²) < 4.78 is 2.08. The lowest BCUT2D eigenvalue weighted by Gasteiger charge is -2.17. The van der Waals surface area contributed by atoms with Crippen molar-refractivity contribution in [2.24, 2.45) is 7.05 Å². The fourth-order valence-corrected chi connectivity index (χ4v) is 4.60. The Bertz CT molecular complexity index is 892. The topological polar surface area (TPSA) is 30.7 Å². The molecule has 2 heterocycles. The Morgan fingerprint density at radius 3 is 2.04 bits per heavy atom. The molecule has 0 saturated carbocycles. The number of hydrogen-bond donors (Lipinski definition) is 0. The lowest BCUT2D eigenvalue weighted by atomic mass is 10.0. The molecule has 0 radical (unpaired) electrons.